The molecule has 0 spiro atoms. The predicted molar refractivity (Wildman–Crippen MR) is 138 cm³/mol. The van der Waals surface area contributed by atoms with Crippen LogP contribution in [-0.4, -0.2) is 55.9 Å². The first-order chi connectivity index (χ1) is 19.4. The molecule has 0 fully saturated rings. The summed E-state index contributed by atoms with van der Waals surface area (Å²) in [6.45, 7) is -0.126. The van der Waals surface area contributed by atoms with Gasteiger partial charge in [0.15, 0.2) is 23.1 Å². The normalized spacial score (nSPS) is 11.9. The van der Waals surface area contributed by atoms with E-state index in [-0.39, 0.29) is 68.2 Å². The molecule has 0 unspecified atom stereocenters. The van der Waals surface area contributed by atoms with E-state index in [0.717, 1.165) is 0 Å². The number of hydrogen-bond acceptors (Lipinski definition) is 14. The zero-order valence-corrected chi connectivity index (χ0v) is 22.8. The van der Waals surface area contributed by atoms with E-state index in [2.05, 4.69) is 82.7 Å². The second-order valence-electron chi connectivity index (χ2n) is 7.17. The second kappa shape index (κ2) is 13.8. The molecule has 0 bridgehead atoms. The Morgan fingerprint density at radius 3 is 1.55 bits per heavy atom. The van der Waals surface area contributed by atoms with E-state index in [1.807, 2.05) is 11.0 Å². The van der Waals surface area contributed by atoms with Crippen molar-refractivity contribution in [2.75, 3.05) is 24.2 Å². The highest BCUT2D eigenvalue weighted by atomic mass is 79.9. The van der Waals surface area contributed by atoms with Gasteiger partial charge in [-0.15, -0.1) is 0 Å². The van der Waals surface area contributed by atoms with E-state index in [1.165, 1.54) is 36.4 Å². The average Bonchev–Trinajstić information content (AvgIpc) is 3.61. The summed E-state index contributed by atoms with van der Waals surface area (Å²) in [6.07, 6.45) is 0. The smallest absolute Gasteiger partial charge is 0.225 e. The van der Waals surface area contributed by atoms with Crippen LogP contribution in [0.3, 0.4) is 0 Å². The Labute approximate surface area is 238 Å². The maximum Gasteiger partial charge on any atom is 0.225 e. The molecule has 0 amide bonds. The van der Waals surface area contributed by atoms with E-state index < -0.39 is 11.6 Å². The number of aliphatic imine (C=N–C) groups is 2. The lowest BCUT2D eigenvalue weighted by molar-refractivity contribution is 0.0969. The number of nitrogens with zero attached hydrogens (tertiary/aromatic N) is 6. The number of rotatable bonds is 11. The molecule has 0 aliphatic heterocycles. The number of nitrogens with one attached hydrogen (secondary N) is 4. The van der Waals surface area contributed by atoms with Crippen molar-refractivity contribution in [2.45, 2.75) is 0 Å². The highest BCUT2D eigenvalue weighted by Gasteiger charge is 2.19. The van der Waals surface area contributed by atoms with Gasteiger partial charge in [0.05, 0.1) is 20.3 Å². The SMILES string of the molecule is ONC(=Nc1ccc(F)c(Br)c1)c1nonc1NOCCONc1nonc1C(=Nc1ccc(F)c(Br)c1)NO. The molecule has 4 aromatic rings. The van der Waals surface area contributed by atoms with Crippen LogP contribution in [0, 0.1) is 11.6 Å². The van der Waals surface area contributed by atoms with Gasteiger partial charge >= 0.3 is 0 Å². The molecule has 210 valence electrons. The summed E-state index contributed by atoms with van der Waals surface area (Å²) in [7, 11) is 0. The Hall–Kier alpha value is -4.08. The number of benzene rings is 2. The third kappa shape index (κ3) is 7.31. The van der Waals surface area contributed by atoms with Crippen LogP contribution < -0.4 is 21.9 Å². The molecule has 0 saturated carbocycles. The van der Waals surface area contributed by atoms with Crippen molar-refractivity contribution in [3.63, 3.8) is 0 Å². The fraction of sp³-hybridized carbons (Fsp3) is 0.100. The summed E-state index contributed by atoms with van der Waals surface area (Å²) < 4.78 is 36.6. The number of anilines is 2. The third-order valence-corrected chi connectivity index (χ3v) is 5.77. The summed E-state index contributed by atoms with van der Waals surface area (Å²) in [5.74, 6) is -1.39. The van der Waals surface area contributed by atoms with Crippen molar-refractivity contribution in [1.82, 2.24) is 31.6 Å². The fourth-order valence-electron chi connectivity index (χ4n) is 2.77. The van der Waals surface area contributed by atoms with Crippen LogP contribution in [0.1, 0.15) is 11.4 Å². The zero-order chi connectivity index (χ0) is 28.5. The minimum atomic E-state index is -0.485. The van der Waals surface area contributed by atoms with Crippen molar-refractivity contribution < 1.29 is 38.1 Å². The van der Waals surface area contributed by atoms with Crippen molar-refractivity contribution in [3.8, 4) is 0 Å². The molecule has 0 aliphatic rings. The van der Waals surface area contributed by atoms with Gasteiger partial charge in [-0.2, -0.15) is 0 Å². The summed E-state index contributed by atoms with van der Waals surface area (Å²) in [4.78, 5) is 18.7. The van der Waals surface area contributed by atoms with E-state index in [1.54, 1.807) is 0 Å². The monoisotopic (exact) mass is 688 g/mol. The summed E-state index contributed by atoms with van der Waals surface area (Å²) >= 11 is 6.10. The lowest BCUT2D eigenvalue weighted by atomic mass is 10.3. The molecule has 0 saturated heterocycles. The Morgan fingerprint density at radius 2 is 1.18 bits per heavy atom. The number of amidine groups is 2. The van der Waals surface area contributed by atoms with Crippen molar-refractivity contribution in [3.05, 3.63) is 68.4 Å². The highest BCUT2D eigenvalue weighted by Crippen LogP contribution is 2.24. The van der Waals surface area contributed by atoms with E-state index in [0.29, 0.717) is 0 Å². The summed E-state index contributed by atoms with van der Waals surface area (Å²) in [6, 6.07) is 7.90. The molecule has 2 aromatic carbocycles. The van der Waals surface area contributed by atoms with Crippen LogP contribution in [0.4, 0.5) is 31.8 Å². The van der Waals surface area contributed by atoms with Crippen molar-refractivity contribution in [2.24, 2.45) is 9.98 Å². The fourth-order valence-corrected chi connectivity index (χ4v) is 3.51. The zero-order valence-electron chi connectivity index (χ0n) is 19.6. The van der Waals surface area contributed by atoms with Gasteiger partial charge in [0.2, 0.25) is 11.6 Å². The van der Waals surface area contributed by atoms with Gasteiger partial charge < -0.3 is 0 Å². The molecule has 2 aromatic heterocycles. The molecule has 2 heterocycles. The largest absolute Gasteiger partial charge is 0.290 e. The lowest BCUT2D eigenvalue weighted by Crippen LogP contribution is -2.23. The van der Waals surface area contributed by atoms with Crippen LogP contribution in [-0.2, 0) is 9.68 Å². The average molecular weight is 690 g/mol. The van der Waals surface area contributed by atoms with Gasteiger partial charge in [0.25, 0.3) is 0 Å². The maximum atomic E-state index is 13.5. The summed E-state index contributed by atoms with van der Waals surface area (Å²) in [5, 5.41) is 33.5. The second-order valence-corrected chi connectivity index (χ2v) is 8.87. The first-order valence-corrected chi connectivity index (χ1v) is 12.3. The standard InChI is InChI=1S/C20H16Br2F2N10O6/c21-11-7-9(1-3-13(11)23)25-17(27-35)15-19(33-39-29-15)31-37-5-6-38-32-20-16(30-40-34-20)18(28-36)26-10-2-4-14(24)12(22)8-10/h1-4,7-8,35-36H,5-6H2,(H,25,27)(H,26,28)(H,31,33)(H,32,34). The van der Waals surface area contributed by atoms with Crippen LogP contribution in [0.25, 0.3) is 0 Å². The van der Waals surface area contributed by atoms with Gasteiger partial charge in [-0.05, 0) is 88.9 Å². The van der Waals surface area contributed by atoms with Gasteiger partial charge in [0.1, 0.15) is 24.8 Å². The van der Waals surface area contributed by atoms with Crippen molar-refractivity contribution >= 4 is 66.5 Å². The minimum absolute atomic E-state index is 0.0419. The Bertz CT molecular complexity index is 1410. The van der Waals surface area contributed by atoms with Gasteiger partial charge in [-0.3, -0.25) is 31.0 Å². The molecule has 0 aliphatic carbocycles. The molecular formula is C20H16Br2F2N10O6. The molecule has 6 N–H and O–H groups in total. The van der Waals surface area contributed by atoms with E-state index >= 15 is 0 Å². The molecule has 20 heteroatoms. The number of halogens is 4. The molecule has 40 heavy (non-hydrogen) atoms. The van der Waals surface area contributed by atoms with Gasteiger partial charge in [0, 0.05) is 0 Å². The molecule has 0 atom stereocenters. The van der Waals surface area contributed by atoms with Crippen LogP contribution in [0.15, 0.2) is 64.6 Å². The Morgan fingerprint density at radius 1 is 0.750 bits per heavy atom. The summed E-state index contributed by atoms with van der Waals surface area (Å²) in [5.41, 5.74) is 9.16. The molecule has 4 rings (SSSR count). The topological polar surface area (TPSA) is 210 Å². The number of aromatic nitrogens is 4. The van der Waals surface area contributed by atoms with Crippen LogP contribution in [0.2, 0.25) is 0 Å². The Kier molecular flexibility index (Phi) is 9.99. The van der Waals surface area contributed by atoms with Gasteiger partial charge in [-0.25, -0.2) is 39.0 Å². The maximum absolute atomic E-state index is 13.5. The highest BCUT2D eigenvalue weighted by molar-refractivity contribution is 9.10. The number of hydrogen-bond donors (Lipinski definition) is 6. The van der Waals surface area contributed by atoms with E-state index in [4.69, 9.17) is 9.68 Å². The number of hydroxylamine groups is 2. The van der Waals surface area contributed by atoms with Crippen LogP contribution in [0.5, 0.6) is 0 Å². The Balaban J connectivity index is 1.30. The third-order valence-electron chi connectivity index (χ3n) is 4.55. The van der Waals surface area contributed by atoms with Crippen LogP contribution >= 0.6 is 31.9 Å². The molecular weight excluding hydrogens is 674 g/mol. The minimum Gasteiger partial charge on any atom is -0.290 e. The van der Waals surface area contributed by atoms with Gasteiger partial charge in [-0.1, -0.05) is 0 Å². The van der Waals surface area contributed by atoms with Crippen molar-refractivity contribution in [1.29, 1.82) is 0 Å². The first kappa shape index (κ1) is 28.9. The first-order valence-electron chi connectivity index (χ1n) is 10.7. The predicted octanol–water partition coefficient (Wildman–Crippen LogP) is 3.76. The molecule has 16 nitrogen and oxygen atoms in total. The molecule has 0 radical (unpaired) electrons. The van der Waals surface area contributed by atoms with E-state index in [9.17, 15) is 19.2 Å². The quantitative estimate of drug-likeness (QED) is 0.0573. The lowest BCUT2D eigenvalue weighted by Gasteiger charge is -2.08.